The fraction of sp³-hybridized carbons (Fsp3) is 0.462. The van der Waals surface area contributed by atoms with Gasteiger partial charge in [0.2, 0.25) is 0 Å². The Balaban J connectivity index is 2.04. The Kier molecular flexibility index (Phi) is 3.13. The second-order valence-corrected chi connectivity index (χ2v) is 4.63. The van der Waals surface area contributed by atoms with Crippen molar-refractivity contribution >= 4 is 11.6 Å². The van der Waals surface area contributed by atoms with Crippen LogP contribution in [0.4, 0.5) is 5.69 Å². The lowest BCUT2D eigenvalue weighted by Crippen LogP contribution is -2.25. The average Bonchev–Trinajstić information content (AvgIpc) is 3.01. The standard InChI is InChI=1S/C13H18N2O/c1-9(2)14-12-5-3-4-10(8-12)13(16)15-11-6-7-11/h3-5,8-9,11,14H,6-7H2,1-2H3,(H,15,16). The summed E-state index contributed by atoms with van der Waals surface area (Å²) in [6.45, 7) is 4.16. The van der Waals surface area contributed by atoms with Crippen LogP contribution in [0.1, 0.15) is 37.0 Å². The molecule has 0 aromatic heterocycles. The van der Waals surface area contributed by atoms with Crippen LogP contribution in [0.3, 0.4) is 0 Å². The molecule has 2 rings (SSSR count). The molecule has 3 heteroatoms. The number of hydrogen-bond donors (Lipinski definition) is 2. The predicted octanol–water partition coefficient (Wildman–Crippen LogP) is 2.40. The highest BCUT2D eigenvalue weighted by atomic mass is 16.1. The Morgan fingerprint density at radius 3 is 2.75 bits per heavy atom. The molecule has 1 aromatic rings. The van der Waals surface area contributed by atoms with Gasteiger partial charge < -0.3 is 10.6 Å². The zero-order valence-electron chi connectivity index (χ0n) is 9.79. The number of rotatable bonds is 4. The van der Waals surface area contributed by atoms with Gasteiger partial charge in [0.15, 0.2) is 0 Å². The normalized spacial score (nSPS) is 14.9. The highest BCUT2D eigenvalue weighted by Gasteiger charge is 2.23. The largest absolute Gasteiger partial charge is 0.383 e. The highest BCUT2D eigenvalue weighted by molar-refractivity contribution is 5.95. The van der Waals surface area contributed by atoms with E-state index in [-0.39, 0.29) is 5.91 Å². The number of amides is 1. The van der Waals surface area contributed by atoms with E-state index in [1.807, 2.05) is 24.3 Å². The van der Waals surface area contributed by atoms with Gasteiger partial charge in [0.05, 0.1) is 0 Å². The summed E-state index contributed by atoms with van der Waals surface area (Å²) in [5.41, 5.74) is 1.73. The van der Waals surface area contributed by atoms with Crippen LogP contribution in [0.2, 0.25) is 0 Å². The molecule has 1 aliphatic rings. The minimum Gasteiger partial charge on any atom is -0.383 e. The maximum atomic E-state index is 11.8. The predicted molar refractivity (Wildman–Crippen MR) is 65.7 cm³/mol. The molecule has 16 heavy (non-hydrogen) atoms. The molecule has 86 valence electrons. The van der Waals surface area contributed by atoms with Gasteiger partial charge >= 0.3 is 0 Å². The molecule has 0 spiro atoms. The first-order valence-corrected chi connectivity index (χ1v) is 5.82. The highest BCUT2D eigenvalue weighted by Crippen LogP contribution is 2.20. The van der Waals surface area contributed by atoms with Crippen molar-refractivity contribution in [1.29, 1.82) is 0 Å². The van der Waals surface area contributed by atoms with Crippen molar-refractivity contribution in [3.05, 3.63) is 29.8 Å². The van der Waals surface area contributed by atoms with Gasteiger partial charge in [-0.05, 0) is 44.9 Å². The fourth-order valence-corrected chi connectivity index (χ4v) is 1.58. The number of nitrogens with one attached hydrogen (secondary N) is 2. The van der Waals surface area contributed by atoms with Gasteiger partial charge in [0.1, 0.15) is 0 Å². The van der Waals surface area contributed by atoms with E-state index in [0.29, 0.717) is 12.1 Å². The molecule has 3 nitrogen and oxygen atoms in total. The SMILES string of the molecule is CC(C)Nc1cccc(C(=O)NC2CC2)c1. The first-order valence-electron chi connectivity index (χ1n) is 5.82. The zero-order valence-corrected chi connectivity index (χ0v) is 9.79. The molecule has 2 N–H and O–H groups in total. The van der Waals surface area contributed by atoms with Crippen molar-refractivity contribution < 1.29 is 4.79 Å². The molecule has 0 bridgehead atoms. The zero-order chi connectivity index (χ0) is 11.5. The second-order valence-electron chi connectivity index (χ2n) is 4.63. The topological polar surface area (TPSA) is 41.1 Å². The molecular weight excluding hydrogens is 200 g/mol. The first-order chi connectivity index (χ1) is 7.65. The maximum Gasteiger partial charge on any atom is 0.251 e. The van der Waals surface area contributed by atoms with E-state index in [0.717, 1.165) is 24.1 Å². The average molecular weight is 218 g/mol. The number of carbonyl (C=O) groups is 1. The maximum absolute atomic E-state index is 11.8. The molecule has 0 aliphatic heterocycles. The van der Waals surface area contributed by atoms with E-state index in [1.54, 1.807) is 0 Å². The van der Waals surface area contributed by atoms with Crippen molar-refractivity contribution in [3.63, 3.8) is 0 Å². The van der Waals surface area contributed by atoms with E-state index < -0.39 is 0 Å². The summed E-state index contributed by atoms with van der Waals surface area (Å²) in [6.07, 6.45) is 2.24. The van der Waals surface area contributed by atoms with E-state index in [9.17, 15) is 4.79 Å². The summed E-state index contributed by atoms with van der Waals surface area (Å²) in [5.74, 6) is 0.0370. The monoisotopic (exact) mass is 218 g/mol. The van der Waals surface area contributed by atoms with E-state index in [2.05, 4.69) is 24.5 Å². The molecular formula is C13H18N2O. The van der Waals surface area contributed by atoms with Gasteiger partial charge in [0.25, 0.3) is 5.91 Å². The van der Waals surface area contributed by atoms with Gasteiger partial charge in [-0.15, -0.1) is 0 Å². The number of benzene rings is 1. The molecule has 1 amide bonds. The quantitative estimate of drug-likeness (QED) is 0.814. The molecule has 0 radical (unpaired) electrons. The van der Waals surface area contributed by atoms with Crippen molar-refractivity contribution in [2.75, 3.05) is 5.32 Å². The molecule has 1 aromatic carbocycles. The lowest BCUT2D eigenvalue weighted by Gasteiger charge is -2.11. The summed E-state index contributed by atoms with van der Waals surface area (Å²) < 4.78 is 0. The van der Waals surface area contributed by atoms with E-state index >= 15 is 0 Å². The van der Waals surface area contributed by atoms with E-state index in [1.165, 1.54) is 0 Å². The van der Waals surface area contributed by atoms with Crippen LogP contribution < -0.4 is 10.6 Å². The van der Waals surface area contributed by atoms with Crippen LogP contribution in [0, 0.1) is 0 Å². The molecule has 0 heterocycles. The van der Waals surface area contributed by atoms with Crippen molar-refractivity contribution in [1.82, 2.24) is 5.32 Å². The van der Waals surface area contributed by atoms with Crippen LogP contribution in [-0.2, 0) is 0 Å². The Morgan fingerprint density at radius 1 is 1.38 bits per heavy atom. The number of carbonyl (C=O) groups excluding carboxylic acids is 1. The first kappa shape index (κ1) is 11.0. The van der Waals surface area contributed by atoms with E-state index in [4.69, 9.17) is 0 Å². The van der Waals surface area contributed by atoms with Gasteiger partial charge in [-0.25, -0.2) is 0 Å². The number of anilines is 1. The number of hydrogen-bond acceptors (Lipinski definition) is 2. The summed E-state index contributed by atoms with van der Waals surface area (Å²) >= 11 is 0. The van der Waals surface area contributed by atoms with Gasteiger partial charge in [-0.3, -0.25) is 4.79 Å². The third-order valence-corrected chi connectivity index (χ3v) is 2.49. The molecule has 1 fully saturated rings. The molecule has 0 unspecified atom stereocenters. The van der Waals surface area contributed by atoms with Gasteiger partial charge in [-0.1, -0.05) is 6.07 Å². The summed E-state index contributed by atoms with van der Waals surface area (Å²) in [7, 11) is 0. The Labute approximate surface area is 96.2 Å². The lowest BCUT2D eigenvalue weighted by atomic mass is 10.2. The minimum absolute atomic E-state index is 0.0370. The lowest BCUT2D eigenvalue weighted by molar-refractivity contribution is 0.0951. The van der Waals surface area contributed by atoms with Crippen molar-refractivity contribution in [2.24, 2.45) is 0 Å². The Hall–Kier alpha value is -1.51. The van der Waals surface area contributed by atoms with Gasteiger partial charge in [-0.2, -0.15) is 0 Å². The molecule has 1 aliphatic carbocycles. The Bertz CT molecular complexity index is 383. The fourth-order valence-electron chi connectivity index (χ4n) is 1.58. The second kappa shape index (κ2) is 4.56. The third kappa shape index (κ3) is 2.99. The summed E-state index contributed by atoms with van der Waals surface area (Å²) in [4.78, 5) is 11.8. The van der Waals surface area contributed by atoms with Crippen LogP contribution in [0.25, 0.3) is 0 Å². The molecule has 0 saturated heterocycles. The smallest absolute Gasteiger partial charge is 0.251 e. The summed E-state index contributed by atoms with van der Waals surface area (Å²) in [5, 5.41) is 6.27. The van der Waals surface area contributed by atoms with Crippen molar-refractivity contribution in [3.8, 4) is 0 Å². The third-order valence-electron chi connectivity index (χ3n) is 2.49. The van der Waals surface area contributed by atoms with Gasteiger partial charge in [0, 0.05) is 23.3 Å². The van der Waals surface area contributed by atoms with Crippen molar-refractivity contribution in [2.45, 2.75) is 38.8 Å². The van der Waals surface area contributed by atoms with Crippen LogP contribution >= 0.6 is 0 Å². The summed E-state index contributed by atoms with van der Waals surface area (Å²) in [6, 6.07) is 8.43. The molecule has 0 atom stereocenters. The Morgan fingerprint density at radius 2 is 2.12 bits per heavy atom. The minimum atomic E-state index is 0.0370. The molecule has 1 saturated carbocycles. The van der Waals surface area contributed by atoms with Crippen LogP contribution in [0.15, 0.2) is 24.3 Å². The van der Waals surface area contributed by atoms with Crippen LogP contribution in [0.5, 0.6) is 0 Å². The van der Waals surface area contributed by atoms with Crippen LogP contribution in [-0.4, -0.2) is 18.0 Å².